The van der Waals surface area contributed by atoms with E-state index in [0.29, 0.717) is 0 Å². The minimum absolute atomic E-state index is 0.727. The Bertz CT molecular complexity index is 607. The van der Waals surface area contributed by atoms with Gasteiger partial charge in [-0.3, -0.25) is 0 Å². The van der Waals surface area contributed by atoms with E-state index < -0.39 is 0 Å². The van der Waals surface area contributed by atoms with Gasteiger partial charge in [-0.2, -0.15) is 0 Å². The molecule has 0 unspecified atom stereocenters. The molecule has 0 atom stereocenters. The third-order valence-corrected chi connectivity index (χ3v) is 5.53. The van der Waals surface area contributed by atoms with Crippen LogP contribution in [0.15, 0.2) is 30.7 Å². The molecule has 1 aliphatic heterocycles. The number of anilines is 1. The number of aromatic amines is 1. The third-order valence-electron chi connectivity index (χ3n) is 4.86. The fourth-order valence-corrected chi connectivity index (χ4v) is 3.76. The van der Waals surface area contributed by atoms with Crippen molar-refractivity contribution < 1.29 is 0 Å². The van der Waals surface area contributed by atoms with Crippen LogP contribution in [-0.4, -0.2) is 23.1 Å². The van der Waals surface area contributed by atoms with Crippen molar-refractivity contribution >= 4 is 28.3 Å². The van der Waals surface area contributed by atoms with Gasteiger partial charge in [0.05, 0.1) is 12.0 Å². The topological polar surface area (TPSA) is 31.9 Å². The number of benzene rings is 1. The van der Waals surface area contributed by atoms with E-state index in [1.54, 1.807) is 6.33 Å². The number of aromatic nitrogens is 2. The maximum absolute atomic E-state index is 4.43. The molecule has 1 saturated heterocycles. The van der Waals surface area contributed by atoms with Crippen LogP contribution >= 0.6 is 22.6 Å². The van der Waals surface area contributed by atoms with Crippen molar-refractivity contribution in [1.29, 1.82) is 0 Å². The van der Waals surface area contributed by atoms with Crippen LogP contribution in [0.4, 0.5) is 5.69 Å². The molecular formula is C16H18IN3. The summed E-state index contributed by atoms with van der Waals surface area (Å²) in [5.74, 6) is 0. The van der Waals surface area contributed by atoms with Gasteiger partial charge < -0.3 is 9.88 Å². The van der Waals surface area contributed by atoms with Gasteiger partial charge in [-0.15, -0.1) is 0 Å². The predicted molar refractivity (Wildman–Crippen MR) is 89.9 cm³/mol. The quantitative estimate of drug-likeness (QED) is 0.799. The van der Waals surface area contributed by atoms with Gasteiger partial charge in [0, 0.05) is 34.1 Å². The van der Waals surface area contributed by atoms with Crippen LogP contribution in [0, 0.1) is 8.99 Å². The van der Waals surface area contributed by atoms with Gasteiger partial charge in [0.2, 0.25) is 0 Å². The van der Waals surface area contributed by atoms with Crippen LogP contribution in [-0.2, 0) is 0 Å². The molecule has 0 amide bonds. The molecule has 1 aliphatic carbocycles. The number of hydrogen-bond acceptors (Lipinski definition) is 2. The van der Waals surface area contributed by atoms with Gasteiger partial charge in [0.15, 0.2) is 0 Å². The Morgan fingerprint density at radius 3 is 2.60 bits per heavy atom. The molecule has 0 bridgehead atoms. The van der Waals surface area contributed by atoms with Gasteiger partial charge in [-0.05, 0) is 71.9 Å². The first-order valence-electron chi connectivity index (χ1n) is 7.30. The lowest BCUT2D eigenvalue weighted by molar-refractivity contribution is 0.384. The largest absolute Gasteiger partial charge is 0.371 e. The molecule has 0 radical (unpaired) electrons. The van der Waals surface area contributed by atoms with Crippen molar-refractivity contribution in [3.05, 3.63) is 34.3 Å². The van der Waals surface area contributed by atoms with Crippen LogP contribution in [0.3, 0.4) is 0 Å². The molecule has 4 rings (SSSR count). The maximum atomic E-state index is 4.43. The summed E-state index contributed by atoms with van der Waals surface area (Å²) in [6, 6.07) is 6.67. The van der Waals surface area contributed by atoms with E-state index in [0.717, 1.165) is 11.1 Å². The molecule has 2 aliphatic rings. The van der Waals surface area contributed by atoms with Crippen molar-refractivity contribution in [2.75, 3.05) is 18.0 Å². The predicted octanol–water partition coefficient (Wildman–Crippen LogP) is 4.06. The number of halogens is 1. The minimum Gasteiger partial charge on any atom is -0.371 e. The molecule has 4 heteroatoms. The summed E-state index contributed by atoms with van der Waals surface area (Å²) in [7, 11) is 0. The Hall–Kier alpha value is -1.04. The van der Waals surface area contributed by atoms with Gasteiger partial charge in [-0.1, -0.05) is 0 Å². The number of nitrogens with zero attached hydrogens (tertiary/aromatic N) is 2. The van der Waals surface area contributed by atoms with E-state index in [1.807, 2.05) is 6.20 Å². The van der Waals surface area contributed by atoms with Crippen LogP contribution < -0.4 is 4.90 Å². The molecule has 2 aromatic rings. The monoisotopic (exact) mass is 379 g/mol. The number of rotatable bonds is 2. The molecule has 1 saturated carbocycles. The average Bonchev–Trinajstić information content (AvgIpc) is 3.01. The summed E-state index contributed by atoms with van der Waals surface area (Å²) in [6.45, 7) is 2.38. The number of H-pyrrole nitrogens is 1. The first-order chi connectivity index (χ1) is 9.76. The van der Waals surface area contributed by atoms with E-state index in [-0.39, 0.29) is 0 Å². The average molecular weight is 379 g/mol. The van der Waals surface area contributed by atoms with E-state index in [4.69, 9.17) is 0 Å². The summed E-state index contributed by atoms with van der Waals surface area (Å²) < 4.78 is 1.29. The van der Waals surface area contributed by atoms with E-state index in [9.17, 15) is 0 Å². The molecule has 2 heterocycles. The highest BCUT2D eigenvalue weighted by Gasteiger charge is 2.44. The van der Waals surface area contributed by atoms with Crippen molar-refractivity contribution in [3.63, 3.8) is 0 Å². The second-order valence-electron chi connectivity index (χ2n) is 6.10. The van der Waals surface area contributed by atoms with Gasteiger partial charge in [-0.25, -0.2) is 4.98 Å². The zero-order valence-electron chi connectivity index (χ0n) is 11.4. The summed E-state index contributed by atoms with van der Waals surface area (Å²) in [5, 5.41) is 0. The minimum atomic E-state index is 0.727. The fourth-order valence-electron chi connectivity index (χ4n) is 3.29. The number of nitrogens with one attached hydrogen (secondary N) is 1. The SMILES string of the molecule is Ic1ccc(-c2c[nH]cn2)c(N2CCC3(CC2)CC3)c1. The van der Waals surface area contributed by atoms with Crippen molar-refractivity contribution in [2.24, 2.45) is 5.41 Å². The summed E-state index contributed by atoms with van der Waals surface area (Å²) in [5.41, 5.74) is 4.37. The molecule has 1 aromatic carbocycles. The standard InChI is InChI=1S/C16H18IN3/c17-12-1-2-13(14-10-18-11-19-14)15(9-12)20-7-5-16(3-4-16)6-8-20/h1-2,9-11H,3-8H2,(H,18,19). The molecule has 2 fully saturated rings. The number of piperidine rings is 1. The molecule has 1 spiro atoms. The van der Waals surface area contributed by atoms with E-state index in [1.165, 1.54) is 53.6 Å². The van der Waals surface area contributed by atoms with Crippen LogP contribution in [0.5, 0.6) is 0 Å². The Morgan fingerprint density at radius 2 is 1.95 bits per heavy atom. The van der Waals surface area contributed by atoms with Crippen LogP contribution in [0.25, 0.3) is 11.3 Å². The first kappa shape index (κ1) is 12.7. The summed E-state index contributed by atoms with van der Waals surface area (Å²) in [4.78, 5) is 10.0. The van der Waals surface area contributed by atoms with Gasteiger partial charge >= 0.3 is 0 Å². The molecule has 3 nitrogen and oxygen atoms in total. The number of hydrogen-bond donors (Lipinski definition) is 1. The smallest absolute Gasteiger partial charge is 0.0927 e. The van der Waals surface area contributed by atoms with Crippen molar-refractivity contribution in [1.82, 2.24) is 9.97 Å². The lowest BCUT2D eigenvalue weighted by Crippen LogP contribution is -2.34. The Kier molecular flexibility index (Phi) is 3.02. The van der Waals surface area contributed by atoms with Crippen LogP contribution in [0.1, 0.15) is 25.7 Å². The first-order valence-corrected chi connectivity index (χ1v) is 8.37. The fraction of sp³-hybridized carbons (Fsp3) is 0.438. The third kappa shape index (κ3) is 2.24. The Morgan fingerprint density at radius 1 is 1.15 bits per heavy atom. The second kappa shape index (κ2) is 4.76. The highest BCUT2D eigenvalue weighted by molar-refractivity contribution is 14.1. The van der Waals surface area contributed by atoms with E-state index in [2.05, 4.69) is 55.7 Å². The van der Waals surface area contributed by atoms with Crippen molar-refractivity contribution in [3.8, 4) is 11.3 Å². The zero-order chi connectivity index (χ0) is 13.6. The molecule has 1 aromatic heterocycles. The molecular weight excluding hydrogens is 361 g/mol. The van der Waals surface area contributed by atoms with Crippen molar-refractivity contribution in [2.45, 2.75) is 25.7 Å². The molecule has 104 valence electrons. The second-order valence-corrected chi connectivity index (χ2v) is 7.35. The lowest BCUT2D eigenvalue weighted by atomic mass is 9.93. The normalized spacial score (nSPS) is 20.4. The lowest BCUT2D eigenvalue weighted by Gasteiger charge is -2.35. The zero-order valence-corrected chi connectivity index (χ0v) is 13.6. The van der Waals surface area contributed by atoms with Crippen LogP contribution in [0.2, 0.25) is 0 Å². The molecule has 1 N–H and O–H groups in total. The Balaban J connectivity index is 1.68. The Labute approximate surface area is 132 Å². The molecule has 20 heavy (non-hydrogen) atoms. The van der Waals surface area contributed by atoms with Gasteiger partial charge in [0.1, 0.15) is 0 Å². The summed E-state index contributed by atoms with van der Waals surface area (Å²) in [6.07, 6.45) is 9.38. The highest BCUT2D eigenvalue weighted by atomic mass is 127. The summed E-state index contributed by atoms with van der Waals surface area (Å²) >= 11 is 2.40. The maximum Gasteiger partial charge on any atom is 0.0927 e. The number of imidazole rings is 1. The highest BCUT2D eigenvalue weighted by Crippen LogP contribution is 2.54. The van der Waals surface area contributed by atoms with E-state index >= 15 is 0 Å². The van der Waals surface area contributed by atoms with Gasteiger partial charge in [0.25, 0.3) is 0 Å².